The molecule has 1 aromatic rings. The lowest BCUT2D eigenvalue weighted by Gasteiger charge is -2.33. The number of halogens is 2. The monoisotopic (exact) mass is 326 g/mol. The normalized spacial score (nSPS) is 32.9. The summed E-state index contributed by atoms with van der Waals surface area (Å²) in [5.74, 6) is -2.49. The lowest BCUT2D eigenvalue weighted by Crippen LogP contribution is -2.43. The van der Waals surface area contributed by atoms with Gasteiger partial charge in [0.1, 0.15) is 4.75 Å². The summed E-state index contributed by atoms with van der Waals surface area (Å²) in [5, 5.41) is 2.78. The Morgan fingerprint density at radius 3 is 2.77 bits per heavy atom. The number of nitrogens with zero attached hydrogens (tertiary/aromatic N) is 1. The fraction of sp³-hybridized carbons (Fsp3) is 0.429. The molecular formula is C14H16F2N4OS. The number of nitrogens with one attached hydrogen (secondary N) is 1. The van der Waals surface area contributed by atoms with Crippen LogP contribution in [0.1, 0.15) is 18.9 Å². The Kier molecular flexibility index (Phi) is 3.14. The third kappa shape index (κ3) is 1.89. The molecule has 3 atom stereocenters. The van der Waals surface area contributed by atoms with Crippen molar-refractivity contribution in [2.75, 3.05) is 12.8 Å². The zero-order valence-corrected chi connectivity index (χ0v) is 12.9. The van der Waals surface area contributed by atoms with E-state index in [9.17, 15) is 13.6 Å². The zero-order chi connectivity index (χ0) is 16.3. The summed E-state index contributed by atoms with van der Waals surface area (Å²) in [5.41, 5.74) is 10.5. The van der Waals surface area contributed by atoms with Gasteiger partial charge in [-0.15, -0.1) is 0 Å². The number of amides is 1. The number of thioether (sulfide) groups is 1. The molecule has 0 spiro atoms. The second-order valence-electron chi connectivity index (χ2n) is 5.79. The van der Waals surface area contributed by atoms with Gasteiger partial charge in [0.25, 0.3) is 0 Å². The summed E-state index contributed by atoms with van der Waals surface area (Å²) >= 11 is 1.17. The lowest BCUT2D eigenvalue weighted by atomic mass is 9.85. The summed E-state index contributed by atoms with van der Waals surface area (Å²) in [4.78, 5) is 16.5. The molecule has 0 radical (unpaired) electrons. The van der Waals surface area contributed by atoms with Crippen LogP contribution in [0, 0.1) is 17.6 Å². The third-order valence-electron chi connectivity index (χ3n) is 4.43. The average molecular weight is 326 g/mol. The van der Waals surface area contributed by atoms with Gasteiger partial charge in [-0.3, -0.25) is 9.79 Å². The molecule has 0 bridgehead atoms. The number of amidine groups is 1. The molecule has 5 N–H and O–H groups in total. The number of benzene rings is 1. The van der Waals surface area contributed by atoms with E-state index in [0.717, 1.165) is 6.07 Å². The Morgan fingerprint density at radius 1 is 1.45 bits per heavy atom. The Morgan fingerprint density at radius 2 is 2.14 bits per heavy atom. The minimum Gasteiger partial charge on any atom is -0.399 e. The van der Waals surface area contributed by atoms with Gasteiger partial charge in [0.2, 0.25) is 5.91 Å². The van der Waals surface area contributed by atoms with E-state index in [1.165, 1.54) is 24.9 Å². The van der Waals surface area contributed by atoms with Gasteiger partial charge in [-0.1, -0.05) is 11.8 Å². The number of carbonyl (C=O) groups is 1. The van der Waals surface area contributed by atoms with Crippen molar-refractivity contribution in [1.82, 2.24) is 5.32 Å². The van der Waals surface area contributed by atoms with Crippen LogP contribution >= 0.6 is 11.8 Å². The summed E-state index contributed by atoms with van der Waals surface area (Å²) < 4.78 is 27.2. The van der Waals surface area contributed by atoms with Gasteiger partial charge in [-0.05, 0) is 25.5 Å². The van der Waals surface area contributed by atoms with Crippen LogP contribution in [0.25, 0.3) is 0 Å². The molecule has 8 heteroatoms. The van der Waals surface area contributed by atoms with Crippen molar-refractivity contribution in [1.29, 1.82) is 0 Å². The molecule has 118 valence electrons. The summed E-state index contributed by atoms with van der Waals surface area (Å²) in [6.45, 7) is 1.66. The van der Waals surface area contributed by atoms with Crippen LogP contribution in [0.4, 0.5) is 14.5 Å². The summed E-state index contributed by atoms with van der Waals surface area (Å²) in [6, 6.07) is 2.28. The van der Waals surface area contributed by atoms with E-state index in [0.29, 0.717) is 6.42 Å². The quantitative estimate of drug-likeness (QED) is 0.715. The van der Waals surface area contributed by atoms with Crippen LogP contribution in [0.15, 0.2) is 17.1 Å². The molecule has 1 aliphatic heterocycles. The van der Waals surface area contributed by atoms with Gasteiger partial charge < -0.3 is 16.8 Å². The van der Waals surface area contributed by atoms with Crippen LogP contribution in [0.3, 0.4) is 0 Å². The molecule has 1 aromatic carbocycles. The maximum Gasteiger partial charge on any atom is 0.236 e. The van der Waals surface area contributed by atoms with Crippen LogP contribution in [-0.4, -0.2) is 22.9 Å². The van der Waals surface area contributed by atoms with Gasteiger partial charge in [0, 0.05) is 24.2 Å². The smallest absolute Gasteiger partial charge is 0.236 e. The Labute approximate surface area is 130 Å². The Balaban J connectivity index is 2.14. The molecule has 1 fully saturated rings. The number of hydrogen-bond donors (Lipinski definition) is 3. The van der Waals surface area contributed by atoms with Crippen LogP contribution < -0.4 is 16.8 Å². The molecular weight excluding hydrogens is 310 g/mol. The molecule has 0 aromatic heterocycles. The van der Waals surface area contributed by atoms with Crippen LogP contribution in [0.5, 0.6) is 0 Å². The van der Waals surface area contributed by atoms with Crippen LogP contribution in [0.2, 0.25) is 0 Å². The Hall–Kier alpha value is -1.83. The molecule has 1 aliphatic carbocycles. The molecule has 3 rings (SSSR count). The number of nitrogen functional groups attached to an aromatic ring is 1. The second-order valence-corrected chi connectivity index (χ2v) is 7.14. The van der Waals surface area contributed by atoms with Crippen molar-refractivity contribution >= 4 is 28.5 Å². The summed E-state index contributed by atoms with van der Waals surface area (Å²) in [6.07, 6.45) is 0.494. The van der Waals surface area contributed by atoms with Gasteiger partial charge in [-0.25, -0.2) is 8.78 Å². The predicted octanol–water partition coefficient (Wildman–Crippen LogP) is 1.33. The molecule has 1 amide bonds. The van der Waals surface area contributed by atoms with E-state index in [1.807, 2.05) is 0 Å². The maximum atomic E-state index is 14.3. The minimum atomic E-state index is -1.12. The molecule has 0 unspecified atom stereocenters. The minimum absolute atomic E-state index is 0.0315. The highest BCUT2D eigenvalue weighted by molar-refractivity contribution is 8.15. The third-order valence-corrected chi connectivity index (χ3v) is 5.73. The number of hydrogen-bond acceptors (Lipinski definition) is 5. The topological polar surface area (TPSA) is 93.5 Å². The highest BCUT2D eigenvalue weighted by atomic mass is 32.2. The lowest BCUT2D eigenvalue weighted by molar-refractivity contribution is -0.121. The summed E-state index contributed by atoms with van der Waals surface area (Å²) in [7, 11) is 1.53. The van der Waals surface area contributed by atoms with Crippen molar-refractivity contribution in [3.63, 3.8) is 0 Å². The van der Waals surface area contributed by atoms with E-state index in [-0.39, 0.29) is 28.2 Å². The number of aliphatic imine (C=N–C) groups is 1. The first-order chi connectivity index (χ1) is 10.2. The largest absolute Gasteiger partial charge is 0.399 e. The van der Waals surface area contributed by atoms with Crippen molar-refractivity contribution in [3.05, 3.63) is 29.3 Å². The van der Waals surface area contributed by atoms with Crippen molar-refractivity contribution in [3.8, 4) is 0 Å². The van der Waals surface area contributed by atoms with Gasteiger partial charge in [0.05, 0.1) is 5.54 Å². The fourth-order valence-corrected chi connectivity index (χ4v) is 4.69. The van der Waals surface area contributed by atoms with E-state index in [1.54, 1.807) is 6.92 Å². The van der Waals surface area contributed by atoms with E-state index < -0.39 is 21.9 Å². The number of anilines is 1. The van der Waals surface area contributed by atoms with Gasteiger partial charge >= 0.3 is 0 Å². The molecule has 22 heavy (non-hydrogen) atoms. The molecule has 2 aliphatic rings. The average Bonchev–Trinajstić information content (AvgIpc) is 3.18. The van der Waals surface area contributed by atoms with E-state index >= 15 is 0 Å². The highest BCUT2D eigenvalue weighted by Gasteiger charge is 2.70. The fourth-order valence-electron chi connectivity index (χ4n) is 3.26. The van der Waals surface area contributed by atoms with Crippen molar-refractivity contribution < 1.29 is 13.6 Å². The first-order valence-electron chi connectivity index (χ1n) is 6.76. The first kappa shape index (κ1) is 15.1. The maximum absolute atomic E-state index is 14.3. The number of nitrogens with two attached hydrogens (primary N) is 2. The van der Waals surface area contributed by atoms with Gasteiger partial charge in [0.15, 0.2) is 16.8 Å². The molecule has 1 saturated carbocycles. The highest BCUT2D eigenvalue weighted by Crippen LogP contribution is 2.66. The van der Waals surface area contributed by atoms with Crippen molar-refractivity contribution in [2.24, 2.45) is 16.6 Å². The predicted molar refractivity (Wildman–Crippen MR) is 82.2 cm³/mol. The number of rotatable bonds is 2. The molecule has 5 nitrogen and oxygen atoms in total. The van der Waals surface area contributed by atoms with Crippen molar-refractivity contribution in [2.45, 2.75) is 23.6 Å². The number of carbonyl (C=O) groups excluding carboxylic acids is 1. The van der Waals surface area contributed by atoms with Crippen LogP contribution in [-0.2, 0) is 10.3 Å². The van der Waals surface area contributed by atoms with E-state index in [4.69, 9.17) is 11.5 Å². The molecule has 1 heterocycles. The second kappa shape index (κ2) is 4.58. The van der Waals surface area contributed by atoms with E-state index in [2.05, 4.69) is 10.3 Å². The first-order valence-corrected chi connectivity index (χ1v) is 7.58. The molecule has 0 saturated heterocycles. The SMILES string of the molecule is CNC(=O)[C@]12C[C@H]1[C@@](C)(c1cc(N)cc(F)c1F)N=C(N)S2. The number of fused-ring (bicyclic) bond motifs is 1. The Bertz CT molecular complexity index is 710. The standard InChI is InChI=1S/C14H16F2N4OS/c1-13(7-3-6(17)4-8(15)10(7)16)9-5-14(9,11(21)19-2)22-12(18)20-13/h3-4,9H,5,17H2,1-2H3,(H2,18,20)(H,19,21)/t9-,13+,14-/m0/s1. The zero-order valence-electron chi connectivity index (χ0n) is 12.1. The van der Waals surface area contributed by atoms with Gasteiger partial charge in [-0.2, -0.15) is 0 Å².